The molecule has 162 valence electrons. The number of rotatable bonds is 7. The van der Waals surface area contributed by atoms with Crippen molar-refractivity contribution < 1.29 is 13.9 Å². The molecule has 0 unspecified atom stereocenters. The van der Waals surface area contributed by atoms with Gasteiger partial charge >= 0.3 is 0 Å². The monoisotopic (exact) mass is 468 g/mol. The molecule has 0 aliphatic carbocycles. The van der Waals surface area contributed by atoms with E-state index >= 15 is 0 Å². The van der Waals surface area contributed by atoms with Crippen molar-refractivity contribution >= 4 is 35.0 Å². The van der Waals surface area contributed by atoms with Crippen LogP contribution < -0.4 is 10.1 Å². The van der Waals surface area contributed by atoms with Gasteiger partial charge in [-0.2, -0.15) is 0 Å². The van der Waals surface area contributed by atoms with E-state index in [1.807, 2.05) is 12.1 Å². The van der Waals surface area contributed by atoms with Gasteiger partial charge in [0, 0.05) is 28.0 Å². The molecule has 4 aromatic rings. The van der Waals surface area contributed by atoms with E-state index < -0.39 is 0 Å². The third-order valence-corrected chi connectivity index (χ3v) is 5.69. The number of ether oxygens (including phenoxy) is 1. The Kier molecular flexibility index (Phi) is 6.72. The average Bonchev–Trinajstić information content (AvgIpc) is 3.23. The zero-order chi connectivity index (χ0) is 22.5. The lowest BCUT2D eigenvalue weighted by molar-refractivity contribution is -0.113. The first-order valence-electron chi connectivity index (χ1n) is 9.57. The lowest BCUT2D eigenvalue weighted by Gasteiger charge is -2.11. The van der Waals surface area contributed by atoms with E-state index in [9.17, 15) is 9.18 Å². The van der Waals surface area contributed by atoms with Crippen LogP contribution in [0, 0.1) is 5.82 Å². The summed E-state index contributed by atoms with van der Waals surface area (Å²) >= 11 is 7.24. The third-order valence-electron chi connectivity index (χ3n) is 4.51. The molecule has 6 nitrogen and oxygen atoms in total. The summed E-state index contributed by atoms with van der Waals surface area (Å²) in [5.41, 5.74) is 2.10. The van der Waals surface area contributed by atoms with Gasteiger partial charge in [0.05, 0.1) is 12.9 Å². The maximum Gasteiger partial charge on any atom is 0.234 e. The van der Waals surface area contributed by atoms with Gasteiger partial charge in [0.1, 0.15) is 11.6 Å². The highest BCUT2D eigenvalue weighted by Gasteiger charge is 2.17. The minimum absolute atomic E-state index is 0.108. The van der Waals surface area contributed by atoms with Crippen LogP contribution in [0.4, 0.5) is 10.1 Å². The van der Waals surface area contributed by atoms with Crippen molar-refractivity contribution in [2.45, 2.75) is 5.16 Å². The normalized spacial score (nSPS) is 10.7. The van der Waals surface area contributed by atoms with E-state index in [1.165, 1.54) is 23.9 Å². The molecule has 9 heteroatoms. The SMILES string of the molecule is COc1cccc(NC(=O)CSc2nnc(-c3ccc(Cl)cc3)n2-c2ccc(F)cc2)c1. The standard InChI is InChI=1S/C23H18ClFN4O2S/c1-31-20-4-2-3-18(13-20)26-21(30)14-32-23-28-27-22(15-5-7-16(24)8-6-15)29(23)19-11-9-17(25)10-12-19/h2-13H,14H2,1H3,(H,26,30). The molecule has 32 heavy (non-hydrogen) atoms. The van der Waals surface area contributed by atoms with Crippen LogP contribution in [0.5, 0.6) is 5.75 Å². The van der Waals surface area contributed by atoms with Gasteiger partial charge in [-0.25, -0.2) is 4.39 Å². The summed E-state index contributed by atoms with van der Waals surface area (Å²) in [6, 6.07) is 20.3. The average molecular weight is 469 g/mol. The number of nitrogens with zero attached hydrogens (tertiary/aromatic N) is 3. The van der Waals surface area contributed by atoms with Gasteiger partial charge in [-0.3, -0.25) is 9.36 Å². The van der Waals surface area contributed by atoms with Crippen LogP contribution in [0.3, 0.4) is 0 Å². The molecule has 0 bridgehead atoms. The van der Waals surface area contributed by atoms with Gasteiger partial charge in [0.2, 0.25) is 5.91 Å². The Hall–Kier alpha value is -3.36. The lowest BCUT2D eigenvalue weighted by atomic mass is 10.2. The number of halogens is 2. The number of carbonyl (C=O) groups excluding carboxylic acids is 1. The molecule has 1 N–H and O–H groups in total. The van der Waals surface area contributed by atoms with E-state index in [-0.39, 0.29) is 17.5 Å². The lowest BCUT2D eigenvalue weighted by Crippen LogP contribution is -2.14. The fourth-order valence-electron chi connectivity index (χ4n) is 3.00. The Bertz CT molecular complexity index is 1230. The molecule has 1 aromatic heterocycles. The van der Waals surface area contributed by atoms with Crippen LogP contribution in [0.25, 0.3) is 17.1 Å². The molecule has 3 aromatic carbocycles. The summed E-state index contributed by atoms with van der Waals surface area (Å²) in [5.74, 6) is 0.770. The second-order valence-electron chi connectivity index (χ2n) is 6.69. The van der Waals surface area contributed by atoms with Crippen molar-refractivity contribution in [3.05, 3.63) is 83.6 Å². The predicted octanol–water partition coefficient (Wildman–Crippen LogP) is 5.47. The minimum Gasteiger partial charge on any atom is -0.497 e. The Morgan fingerprint density at radius 2 is 1.84 bits per heavy atom. The number of aromatic nitrogens is 3. The number of thioether (sulfide) groups is 1. The highest BCUT2D eigenvalue weighted by atomic mass is 35.5. The fourth-order valence-corrected chi connectivity index (χ4v) is 3.88. The summed E-state index contributed by atoms with van der Waals surface area (Å²) in [5, 5.41) is 12.5. The van der Waals surface area contributed by atoms with Gasteiger partial charge < -0.3 is 10.1 Å². The van der Waals surface area contributed by atoms with Gasteiger partial charge in [0.25, 0.3) is 0 Å². The quantitative estimate of drug-likeness (QED) is 0.364. The van der Waals surface area contributed by atoms with Crippen LogP contribution in [0.2, 0.25) is 5.02 Å². The van der Waals surface area contributed by atoms with E-state index in [1.54, 1.807) is 60.2 Å². The summed E-state index contributed by atoms with van der Waals surface area (Å²) in [4.78, 5) is 12.5. The number of carbonyl (C=O) groups is 1. The zero-order valence-corrected chi connectivity index (χ0v) is 18.5. The van der Waals surface area contributed by atoms with Crippen molar-refractivity contribution in [2.24, 2.45) is 0 Å². The Labute approximate surface area is 193 Å². The van der Waals surface area contributed by atoms with E-state index in [0.29, 0.717) is 33.1 Å². The molecule has 0 saturated heterocycles. The largest absolute Gasteiger partial charge is 0.497 e. The summed E-state index contributed by atoms with van der Waals surface area (Å²) in [6.45, 7) is 0. The topological polar surface area (TPSA) is 69.0 Å². The second kappa shape index (κ2) is 9.84. The number of amides is 1. The molecule has 1 amide bonds. The number of hydrogen-bond acceptors (Lipinski definition) is 5. The molecule has 4 rings (SSSR count). The molecular weight excluding hydrogens is 451 g/mol. The molecule has 0 fully saturated rings. The first-order chi connectivity index (χ1) is 15.5. The zero-order valence-electron chi connectivity index (χ0n) is 17.0. The molecule has 1 heterocycles. The fraction of sp³-hybridized carbons (Fsp3) is 0.0870. The molecular formula is C23H18ClFN4O2S. The summed E-state index contributed by atoms with van der Waals surface area (Å²) in [7, 11) is 1.57. The van der Waals surface area contributed by atoms with Crippen molar-refractivity contribution in [1.82, 2.24) is 14.8 Å². The van der Waals surface area contributed by atoms with Gasteiger partial charge in [-0.05, 0) is 60.7 Å². The van der Waals surface area contributed by atoms with Crippen molar-refractivity contribution in [1.29, 1.82) is 0 Å². The van der Waals surface area contributed by atoms with Crippen molar-refractivity contribution in [2.75, 3.05) is 18.2 Å². The first kappa shape index (κ1) is 21.9. The Morgan fingerprint density at radius 3 is 2.56 bits per heavy atom. The third kappa shape index (κ3) is 5.09. The van der Waals surface area contributed by atoms with E-state index in [2.05, 4.69) is 15.5 Å². The van der Waals surface area contributed by atoms with Crippen molar-refractivity contribution in [3.8, 4) is 22.8 Å². The number of methoxy groups -OCH3 is 1. The maximum absolute atomic E-state index is 13.5. The summed E-state index contributed by atoms with van der Waals surface area (Å²) in [6.07, 6.45) is 0. The summed E-state index contributed by atoms with van der Waals surface area (Å²) < 4.78 is 20.5. The number of nitrogens with one attached hydrogen (secondary N) is 1. The van der Waals surface area contributed by atoms with E-state index in [0.717, 1.165) is 5.56 Å². The van der Waals surface area contributed by atoms with Crippen molar-refractivity contribution in [3.63, 3.8) is 0 Å². The molecule has 0 aliphatic heterocycles. The first-order valence-corrected chi connectivity index (χ1v) is 10.9. The number of benzene rings is 3. The van der Waals surface area contributed by atoms with E-state index in [4.69, 9.17) is 16.3 Å². The Morgan fingerprint density at radius 1 is 1.09 bits per heavy atom. The predicted molar refractivity (Wildman–Crippen MR) is 124 cm³/mol. The highest BCUT2D eigenvalue weighted by Crippen LogP contribution is 2.29. The van der Waals surface area contributed by atoms with Gasteiger partial charge in [-0.1, -0.05) is 29.4 Å². The van der Waals surface area contributed by atoms with Crippen LogP contribution in [-0.4, -0.2) is 33.5 Å². The van der Waals surface area contributed by atoms with Gasteiger partial charge in [0.15, 0.2) is 11.0 Å². The van der Waals surface area contributed by atoms with Crippen LogP contribution >= 0.6 is 23.4 Å². The van der Waals surface area contributed by atoms with Crippen LogP contribution in [0.15, 0.2) is 78.0 Å². The number of anilines is 1. The van der Waals surface area contributed by atoms with Crippen LogP contribution in [-0.2, 0) is 4.79 Å². The molecule has 0 aliphatic rings. The smallest absolute Gasteiger partial charge is 0.234 e. The molecule has 0 atom stereocenters. The molecule has 0 radical (unpaired) electrons. The maximum atomic E-state index is 13.5. The Balaban J connectivity index is 1.58. The minimum atomic E-state index is -0.346. The highest BCUT2D eigenvalue weighted by molar-refractivity contribution is 7.99. The number of hydrogen-bond donors (Lipinski definition) is 1. The second-order valence-corrected chi connectivity index (χ2v) is 8.07. The van der Waals surface area contributed by atoms with Crippen LogP contribution in [0.1, 0.15) is 0 Å². The molecule has 0 spiro atoms. The molecule has 0 saturated carbocycles. The van der Waals surface area contributed by atoms with Gasteiger partial charge in [-0.15, -0.1) is 10.2 Å².